The van der Waals surface area contributed by atoms with Crippen LogP contribution in [0.15, 0.2) is 66.7 Å². The van der Waals surface area contributed by atoms with Crippen LogP contribution in [0.1, 0.15) is 22.8 Å². The van der Waals surface area contributed by atoms with Crippen LogP contribution in [0, 0.1) is 6.92 Å². The van der Waals surface area contributed by atoms with E-state index in [0.29, 0.717) is 22.6 Å². The Bertz CT molecular complexity index is 1280. The molecule has 1 heterocycles. The Labute approximate surface area is 185 Å². The summed E-state index contributed by atoms with van der Waals surface area (Å²) in [5, 5.41) is 2.78. The largest absolute Gasteiger partial charge is 0.497 e. The van der Waals surface area contributed by atoms with E-state index in [4.69, 9.17) is 9.47 Å². The summed E-state index contributed by atoms with van der Waals surface area (Å²) in [6, 6.07) is 20.0. The smallest absolute Gasteiger partial charge is 0.338 e. The van der Waals surface area contributed by atoms with Crippen molar-refractivity contribution in [2.24, 2.45) is 0 Å². The summed E-state index contributed by atoms with van der Waals surface area (Å²) in [5.41, 5.74) is 4.26. The van der Waals surface area contributed by atoms with Crippen molar-refractivity contribution >= 4 is 28.6 Å². The molecule has 1 amide bonds. The Morgan fingerprint density at radius 3 is 2.50 bits per heavy atom. The molecule has 2 N–H and O–H groups in total. The number of esters is 1. The van der Waals surface area contributed by atoms with Crippen molar-refractivity contribution in [1.82, 2.24) is 9.97 Å². The lowest BCUT2D eigenvalue weighted by Gasteiger charge is -2.14. The van der Waals surface area contributed by atoms with Crippen molar-refractivity contribution in [3.05, 3.63) is 77.9 Å². The lowest BCUT2D eigenvalue weighted by molar-refractivity contribution is -0.123. The van der Waals surface area contributed by atoms with Crippen LogP contribution in [-0.2, 0) is 9.53 Å². The van der Waals surface area contributed by atoms with Gasteiger partial charge in [0.05, 0.1) is 23.7 Å². The van der Waals surface area contributed by atoms with Crippen molar-refractivity contribution in [2.75, 3.05) is 12.4 Å². The molecule has 162 valence electrons. The fourth-order valence-electron chi connectivity index (χ4n) is 3.25. The van der Waals surface area contributed by atoms with Gasteiger partial charge in [-0.25, -0.2) is 9.78 Å². The fourth-order valence-corrected chi connectivity index (χ4v) is 3.25. The first-order valence-corrected chi connectivity index (χ1v) is 10.2. The molecular weight excluding hydrogens is 406 g/mol. The van der Waals surface area contributed by atoms with Gasteiger partial charge in [0.25, 0.3) is 5.91 Å². The number of fused-ring (bicyclic) bond motifs is 1. The predicted molar refractivity (Wildman–Crippen MR) is 123 cm³/mol. The number of H-pyrrole nitrogens is 1. The number of rotatable bonds is 6. The lowest BCUT2D eigenvalue weighted by atomic mass is 10.2. The Kier molecular flexibility index (Phi) is 5.89. The number of aromatic nitrogens is 2. The molecule has 7 nitrogen and oxygen atoms in total. The van der Waals surface area contributed by atoms with E-state index < -0.39 is 18.0 Å². The minimum absolute atomic E-state index is 0.331. The summed E-state index contributed by atoms with van der Waals surface area (Å²) in [7, 11) is 1.62. The van der Waals surface area contributed by atoms with E-state index in [9.17, 15) is 9.59 Å². The van der Waals surface area contributed by atoms with Crippen LogP contribution in [0.4, 0.5) is 5.69 Å². The number of imidazole rings is 1. The van der Waals surface area contributed by atoms with Gasteiger partial charge < -0.3 is 19.8 Å². The minimum Gasteiger partial charge on any atom is -0.497 e. The van der Waals surface area contributed by atoms with Crippen LogP contribution in [0.3, 0.4) is 0 Å². The number of carbonyl (C=O) groups excluding carboxylic acids is 2. The second-order valence-electron chi connectivity index (χ2n) is 7.40. The summed E-state index contributed by atoms with van der Waals surface area (Å²) < 4.78 is 10.6. The van der Waals surface area contributed by atoms with Gasteiger partial charge in [-0.15, -0.1) is 0 Å². The Morgan fingerprint density at radius 1 is 1.03 bits per heavy atom. The molecule has 0 saturated carbocycles. The van der Waals surface area contributed by atoms with E-state index in [-0.39, 0.29) is 0 Å². The molecule has 0 bridgehead atoms. The van der Waals surface area contributed by atoms with Crippen LogP contribution < -0.4 is 10.1 Å². The second kappa shape index (κ2) is 8.93. The summed E-state index contributed by atoms with van der Waals surface area (Å²) in [5.74, 6) is 0.464. The van der Waals surface area contributed by atoms with Crippen molar-refractivity contribution in [1.29, 1.82) is 0 Å². The average Bonchev–Trinajstić information content (AvgIpc) is 3.24. The Morgan fingerprint density at radius 2 is 1.78 bits per heavy atom. The number of nitrogens with zero attached hydrogens (tertiary/aromatic N) is 1. The van der Waals surface area contributed by atoms with Gasteiger partial charge in [-0.3, -0.25) is 4.79 Å². The highest BCUT2D eigenvalue weighted by atomic mass is 16.5. The molecule has 1 atom stereocenters. The molecule has 0 aliphatic rings. The standard InChI is InChI=1S/C25H23N3O4/c1-15-6-4-5-7-20(15)28-24(29)16(2)32-25(30)18-10-13-21-22(14-18)27-23(26-21)17-8-11-19(31-3)12-9-17/h4-14,16H,1-3H3,(H,26,27)(H,28,29). The molecule has 32 heavy (non-hydrogen) atoms. The Hall–Kier alpha value is -4.13. The van der Waals surface area contributed by atoms with Crippen molar-refractivity contribution in [3.8, 4) is 17.1 Å². The molecule has 0 radical (unpaired) electrons. The maximum absolute atomic E-state index is 12.6. The van der Waals surface area contributed by atoms with Crippen LogP contribution in [0.25, 0.3) is 22.4 Å². The summed E-state index contributed by atoms with van der Waals surface area (Å²) in [6.45, 7) is 3.44. The molecule has 3 aromatic carbocycles. The zero-order valence-corrected chi connectivity index (χ0v) is 18.0. The fraction of sp³-hybridized carbons (Fsp3) is 0.160. The molecule has 4 rings (SSSR count). The average molecular weight is 429 g/mol. The van der Waals surface area contributed by atoms with Gasteiger partial charge in [0.2, 0.25) is 0 Å². The first kappa shape index (κ1) is 21.1. The SMILES string of the molecule is COc1ccc(-c2nc3ccc(C(=O)OC(C)C(=O)Nc4ccccc4C)cc3[nH]2)cc1. The quantitative estimate of drug-likeness (QED) is 0.432. The lowest BCUT2D eigenvalue weighted by Crippen LogP contribution is -2.30. The zero-order valence-electron chi connectivity index (χ0n) is 18.0. The molecule has 0 aliphatic carbocycles. The molecule has 4 aromatic rings. The number of hydrogen-bond donors (Lipinski definition) is 2. The number of aryl methyl sites for hydroxylation is 1. The molecule has 0 spiro atoms. The third-order valence-corrected chi connectivity index (χ3v) is 5.14. The number of ether oxygens (including phenoxy) is 2. The Balaban J connectivity index is 1.47. The van der Waals surface area contributed by atoms with Gasteiger partial charge in [0, 0.05) is 11.3 Å². The monoisotopic (exact) mass is 429 g/mol. The first-order valence-electron chi connectivity index (χ1n) is 10.2. The predicted octanol–water partition coefficient (Wildman–Crippen LogP) is 4.73. The van der Waals surface area contributed by atoms with Crippen LogP contribution in [-0.4, -0.2) is 35.1 Å². The van der Waals surface area contributed by atoms with Gasteiger partial charge >= 0.3 is 5.97 Å². The highest BCUT2D eigenvalue weighted by Crippen LogP contribution is 2.24. The molecule has 1 aromatic heterocycles. The second-order valence-corrected chi connectivity index (χ2v) is 7.40. The van der Waals surface area contributed by atoms with Gasteiger partial charge in [-0.1, -0.05) is 18.2 Å². The molecule has 0 fully saturated rings. The van der Waals surface area contributed by atoms with E-state index >= 15 is 0 Å². The van der Waals surface area contributed by atoms with Crippen LogP contribution in [0.5, 0.6) is 5.75 Å². The molecule has 0 saturated heterocycles. The van der Waals surface area contributed by atoms with Crippen molar-refractivity contribution in [2.45, 2.75) is 20.0 Å². The number of para-hydroxylation sites is 1. The number of benzene rings is 3. The van der Waals surface area contributed by atoms with Crippen LogP contribution >= 0.6 is 0 Å². The maximum Gasteiger partial charge on any atom is 0.338 e. The first-order chi connectivity index (χ1) is 15.4. The summed E-state index contributed by atoms with van der Waals surface area (Å²) in [4.78, 5) is 32.8. The number of aromatic amines is 1. The highest BCUT2D eigenvalue weighted by molar-refractivity contribution is 5.99. The van der Waals surface area contributed by atoms with E-state index in [1.807, 2.05) is 49.4 Å². The van der Waals surface area contributed by atoms with Gasteiger partial charge in [-0.05, 0) is 67.9 Å². The topological polar surface area (TPSA) is 93.3 Å². The number of hydrogen-bond acceptors (Lipinski definition) is 5. The van der Waals surface area contributed by atoms with E-state index in [2.05, 4.69) is 15.3 Å². The number of carbonyl (C=O) groups is 2. The summed E-state index contributed by atoms with van der Waals surface area (Å²) in [6.07, 6.45) is -0.950. The molecule has 7 heteroatoms. The van der Waals surface area contributed by atoms with Crippen molar-refractivity contribution < 1.29 is 19.1 Å². The zero-order chi connectivity index (χ0) is 22.7. The minimum atomic E-state index is -0.950. The van der Waals surface area contributed by atoms with E-state index in [0.717, 1.165) is 22.4 Å². The molecule has 1 unspecified atom stereocenters. The summed E-state index contributed by atoms with van der Waals surface area (Å²) >= 11 is 0. The van der Waals surface area contributed by atoms with Gasteiger partial charge in [-0.2, -0.15) is 0 Å². The normalized spacial score (nSPS) is 11.7. The van der Waals surface area contributed by atoms with Crippen molar-refractivity contribution in [3.63, 3.8) is 0 Å². The van der Waals surface area contributed by atoms with Crippen LogP contribution in [0.2, 0.25) is 0 Å². The van der Waals surface area contributed by atoms with Gasteiger partial charge in [0.15, 0.2) is 6.10 Å². The number of amides is 1. The van der Waals surface area contributed by atoms with E-state index in [1.54, 1.807) is 38.3 Å². The molecular formula is C25H23N3O4. The number of methoxy groups -OCH3 is 1. The number of nitrogens with one attached hydrogen (secondary N) is 2. The number of anilines is 1. The van der Waals surface area contributed by atoms with Gasteiger partial charge in [0.1, 0.15) is 11.6 Å². The third-order valence-electron chi connectivity index (χ3n) is 5.14. The highest BCUT2D eigenvalue weighted by Gasteiger charge is 2.20. The third kappa shape index (κ3) is 4.46. The molecule has 0 aliphatic heterocycles. The maximum atomic E-state index is 12.6. The van der Waals surface area contributed by atoms with E-state index in [1.165, 1.54) is 0 Å².